The maximum atomic E-state index is 8.95. The van der Waals surface area contributed by atoms with Gasteiger partial charge >= 0.3 is 0 Å². The summed E-state index contributed by atoms with van der Waals surface area (Å²) in [6, 6.07) is 8.22. The number of thioether (sulfide) groups is 1. The molecule has 98 valence electrons. The highest BCUT2D eigenvalue weighted by Gasteiger charge is 2.12. The molecule has 1 rings (SSSR count). The number of hydrogen-bond donors (Lipinski definition) is 0. The molecule has 0 aliphatic carbocycles. The van der Waals surface area contributed by atoms with Crippen LogP contribution in [0.4, 0.5) is 0 Å². The van der Waals surface area contributed by atoms with Gasteiger partial charge in [0.1, 0.15) is 5.75 Å². The van der Waals surface area contributed by atoms with Crippen molar-refractivity contribution < 1.29 is 4.74 Å². The Hall–Kier alpha value is -1.18. The van der Waals surface area contributed by atoms with E-state index in [9.17, 15) is 0 Å². The van der Waals surface area contributed by atoms with Crippen molar-refractivity contribution in [3.63, 3.8) is 0 Å². The molecule has 0 heterocycles. The molecule has 4 heteroatoms. The highest BCUT2D eigenvalue weighted by molar-refractivity contribution is 7.98. The lowest BCUT2D eigenvalue weighted by molar-refractivity contribution is 0.265. The van der Waals surface area contributed by atoms with E-state index in [1.165, 1.54) is 0 Å². The van der Waals surface area contributed by atoms with Crippen molar-refractivity contribution in [1.29, 1.82) is 5.26 Å². The topological polar surface area (TPSA) is 36.3 Å². The van der Waals surface area contributed by atoms with Gasteiger partial charge in [-0.1, -0.05) is 0 Å². The first-order valence-electron chi connectivity index (χ1n) is 5.88. The third kappa shape index (κ3) is 3.94. The quantitative estimate of drug-likeness (QED) is 0.791. The van der Waals surface area contributed by atoms with Crippen LogP contribution >= 0.6 is 11.8 Å². The van der Waals surface area contributed by atoms with E-state index in [1.807, 2.05) is 23.9 Å². The fourth-order valence-corrected chi connectivity index (χ4v) is 2.50. The molecule has 0 saturated carbocycles. The van der Waals surface area contributed by atoms with Gasteiger partial charge < -0.3 is 4.74 Å². The molecule has 3 nitrogen and oxygen atoms in total. The van der Waals surface area contributed by atoms with Crippen molar-refractivity contribution in [3.8, 4) is 11.8 Å². The molecule has 0 aliphatic rings. The average molecular weight is 264 g/mol. The number of methoxy groups -OCH3 is 1. The van der Waals surface area contributed by atoms with E-state index >= 15 is 0 Å². The Balaban J connectivity index is 2.85. The Morgan fingerprint density at radius 3 is 2.78 bits per heavy atom. The zero-order valence-electron chi connectivity index (χ0n) is 11.4. The molecular weight excluding hydrogens is 244 g/mol. The highest BCUT2D eigenvalue weighted by atomic mass is 32.2. The summed E-state index contributed by atoms with van der Waals surface area (Å²) >= 11 is 1.84. The predicted molar refractivity (Wildman–Crippen MR) is 77.0 cm³/mol. The SMILES string of the molecule is COc1ccc(C#N)cc1CN(C)[C@H](C)CSC. The third-order valence-electron chi connectivity index (χ3n) is 2.99. The molecule has 0 fully saturated rings. The van der Waals surface area contributed by atoms with Crippen molar-refractivity contribution in [2.75, 3.05) is 26.2 Å². The molecule has 0 aliphatic heterocycles. The molecule has 1 aromatic carbocycles. The molecule has 0 saturated heterocycles. The van der Waals surface area contributed by atoms with Crippen LogP contribution in [0.15, 0.2) is 18.2 Å². The Morgan fingerprint density at radius 2 is 2.22 bits per heavy atom. The van der Waals surface area contributed by atoms with Crippen molar-refractivity contribution in [2.45, 2.75) is 19.5 Å². The molecule has 0 bridgehead atoms. The van der Waals surface area contributed by atoms with Gasteiger partial charge in [-0.2, -0.15) is 17.0 Å². The van der Waals surface area contributed by atoms with Crippen LogP contribution in [0, 0.1) is 11.3 Å². The second kappa shape index (κ2) is 7.30. The maximum absolute atomic E-state index is 8.95. The summed E-state index contributed by atoms with van der Waals surface area (Å²) in [4.78, 5) is 2.27. The molecule has 0 N–H and O–H groups in total. The summed E-state index contributed by atoms with van der Waals surface area (Å²) < 4.78 is 5.34. The lowest BCUT2D eigenvalue weighted by Gasteiger charge is -2.24. The average Bonchev–Trinajstić information content (AvgIpc) is 2.38. The summed E-state index contributed by atoms with van der Waals surface area (Å²) in [5, 5.41) is 8.95. The molecule has 18 heavy (non-hydrogen) atoms. The first-order chi connectivity index (χ1) is 8.62. The second-order valence-electron chi connectivity index (χ2n) is 4.36. The first kappa shape index (κ1) is 14.9. The van der Waals surface area contributed by atoms with E-state index < -0.39 is 0 Å². The molecule has 0 unspecified atom stereocenters. The maximum Gasteiger partial charge on any atom is 0.123 e. The van der Waals surface area contributed by atoms with Crippen LogP contribution in [0.2, 0.25) is 0 Å². The summed E-state index contributed by atoms with van der Waals surface area (Å²) in [6.45, 7) is 3.00. The smallest absolute Gasteiger partial charge is 0.123 e. The first-order valence-corrected chi connectivity index (χ1v) is 7.28. The number of benzene rings is 1. The van der Waals surface area contributed by atoms with Gasteiger partial charge in [-0.25, -0.2) is 0 Å². The van der Waals surface area contributed by atoms with Crippen molar-refractivity contribution >= 4 is 11.8 Å². The Bertz CT molecular complexity index is 428. The second-order valence-corrected chi connectivity index (χ2v) is 5.27. The number of rotatable bonds is 6. The minimum absolute atomic E-state index is 0.496. The fourth-order valence-electron chi connectivity index (χ4n) is 1.76. The Labute approximate surface area is 114 Å². The summed E-state index contributed by atoms with van der Waals surface area (Å²) in [5.41, 5.74) is 1.74. The van der Waals surface area contributed by atoms with Crippen LogP contribution in [0.1, 0.15) is 18.1 Å². The van der Waals surface area contributed by atoms with E-state index in [-0.39, 0.29) is 0 Å². The van der Waals surface area contributed by atoms with Gasteiger partial charge in [0.25, 0.3) is 0 Å². The van der Waals surface area contributed by atoms with E-state index in [2.05, 4.69) is 31.2 Å². The minimum atomic E-state index is 0.496. The van der Waals surface area contributed by atoms with Crippen LogP contribution < -0.4 is 4.74 Å². The van der Waals surface area contributed by atoms with Crippen molar-refractivity contribution in [3.05, 3.63) is 29.3 Å². The number of hydrogen-bond acceptors (Lipinski definition) is 4. The molecule has 0 amide bonds. The zero-order valence-corrected chi connectivity index (χ0v) is 12.3. The van der Waals surface area contributed by atoms with Crippen LogP contribution in [0.5, 0.6) is 5.75 Å². The van der Waals surface area contributed by atoms with Gasteiger partial charge in [0, 0.05) is 23.9 Å². The molecule has 0 aromatic heterocycles. The van der Waals surface area contributed by atoms with Gasteiger partial charge in [0.15, 0.2) is 0 Å². The van der Waals surface area contributed by atoms with Gasteiger partial charge in [0.2, 0.25) is 0 Å². The molecule has 1 atom stereocenters. The fraction of sp³-hybridized carbons (Fsp3) is 0.500. The van der Waals surface area contributed by atoms with Gasteiger partial charge in [-0.05, 0) is 38.4 Å². The normalized spacial score (nSPS) is 12.2. The zero-order chi connectivity index (χ0) is 13.5. The lowest BCUT2D eigenvalue weighted by atomic mass is 10.1. The molecule has 0 radical (unpaired) electrons. The van der Waals surface area contributed by atoms with Crippen LogP contribution in [-0.2, 0) is 6.54 Å². The lowest BCUT2D eigenvalue weighted by Crippen LogP contribution is -2.30. The van der Waals surface area contributed by atoms with Gasteiger partial charge in [0.05, 0.1) is 18.7 Å². The number of nitrogens with zero attached hydrogens (tertiary/aromatic N) is 2. The third-order valence-corrected chi connectivity index (χ3v) is 3.81. The number of ether oxygens (including phenoxy) is 1. The van der Waals surface area contributed by atoms with E-state index in [0.29, 0.717) is 11.6 Å². The summed E-state index contributed by atoms with van der Waals surface area (Å²) in [6.07, 6.45) is 2.11. The highest BCUT2D eigenvalue weighted by Crippen LogP contribution is 2.22. The summed E-state index contributed by atoms with van der Waals surface area (Å²) in [5.74, 6) is 1.94. The summed E-state index contributed by atoms with van der Waals surface area (Å²) in [7, 11) is 3.76. The van der Waals surface area contributed by atoms with E-state index in [4.69, 9.17) is 10.00 Å². The van der Waals surface area contributed by atoms with Gasteiger partial charge in [-0.3, -0.25) is 4.90 Å². The predicted octanol–water partition coefficient (Wildman–Crippen LogP) is 2.75. The standard InChI is InChI=1S/C14H20N2OS/c1-11(10-18-4)16(2)9-13-7-12(8-15)5-6-14(13)17-3/h5-7,11H,9-10H2,1-4H3/t11-/m1/s1. The number of nitriles is 1. The molecule has 1 aromatic rings. The van der Waals surface area contributed by atoms with Crippen LogP contribution in [0.25, 0.3) is 0 Å². The van der Waals surface area contributed by atoms with Crippen LogP contribution in [-0.4, -0.2) is 37.1 Å². The minimum Gasteiger partial charge on any atom is -0.496 e. The Morgan fingerprint density at radius 1 is 1.50 bits per heavy atom. The van der Waals surface area contributed by atoms with Crippen molar-refractivity contribution in [1.82, 2.24) is 4.90 Å². The monoisotopic (exact) mass is 264 g/mol. The molecule has 0 spiro atoms. The molecular formula is C14H20N2OS. The van der Waals surface area contributed by atoms with Gasteiger partial charge in [-0.15, -0.1) is 0 Å². The largest absolute Gasteiger partial charge is 0.496 e. The van der Waals surface area contributed by atoms with E-state index in [0.717, 1.165) is 23.6 Å². The van der Waals surface area contributed by atoms with Crippen LogP contribution in [0.3, 0.4) is 0 Å². The Kier molecular flexibility index (Phi) is 6.03. The van der Waals surface area contributed by atoms with Crippen molar-refractivity contribution in [2.24, 2.45) is 0 Å². The van der Waals surface area contributed by atoms with E-state index in [1.54, 1.807) is 13.2 Å².